The Morgan fingerprint density at radius 3 is 2.35 bits per heavy atom. The highest BCUT2D eigenvalue weighted by Gasteiger charge is 2.13. The van der Waals surface area contributed by atoms with E-state index in [0.717, 1.165) is 10.8 Å². The minimum Gasteiger partial charge on any atom is -0.504 e. The van der Waals surface area contributed by atoms with Gasteiger partial charge in [0.1, 0.15) is 5.75 Å². The third-order valence-corrected chi connectivity index (χ3v) is 3.90. The molecule has 0 atom stereocenters. The fraction of sp³-hybridized carbons (Fsp3) is 0.100. The number of ether oxygens (including phenoxy) is 2. The predicted octanol–water partition coefficient (Wildman–Crippen LogP) is 3.33. The van der Waals surface area contributed by atoms with Gasteiger partial charge in [-0.2, -0.15) is 5.10 Å². The number of phenolic OH excluding ortho intramolecular Hbond substituents is 1. The molecule has 6 nitrogen and oxygen atoms in total. The number of rotatable bonds is 5. The summed E-state index contributed by atoms with van der Waals surface area (Å²) in [6, 6.07) is 16.1. The van der Waals surface area contributed by atoms with Crippen molar-refractivity contribution >= 4 is 22.9 Å². The standard InChI is InChI=1S/C20H18N2O4/c1-25-18-8-7-13(9-17(18)23)12-21-22-20(24)16-10-14-5-3-4-6-15(14)11-19(16)26-2/h3-12,23H,1-2H3,(H,22,24)/b21-12-. The Kier molecular flexibility index (Phi) is 5.03. The Morgan fingerprint density at radius 1 is 1.00 bits per heavy atom. The van der Waals surface area contributed by atoms with Crippen LogP contribution in [0, 0.1) is 0 Å². The Morgan fingerprint density at radius 2 is 1.69 bits per heavy atom. The molecule has 3 aromatic rings. The lowest BCUT2D eigenvalue weighted by Gasteiger charge is -2.09. The molecule has 0 aliphatic carbocycles. The molecule has 1 amide bonds. The van der Waals surface area contributed by atoms with E-state index in [4.69, 9.17) is 9.47 Å². The van der Waals surface area contributed by atoms with Crippen LogP contribution >= 0.6 is 0 Å². The first kappa shape index (κ1) is 17.3. The highest BCUT2D eigenvalue weighted by molar-refractivity contribution is 6.02. The number of hydrazone groups is 1. The lowest BCUT2D eigenvalue weighted by molar-refractivity contribution is 0.0952. The second-order valence-electron chi connectivity index (χ2n) is 5.53. The SMILES string of the molecule is COc1ccc(/C=N\NC(=O)c2cc3ccccc3cc2OC)cc1O. The first-order valence-electron chi connectivity index (χ1n) is 7.89. The van der Waals surface area contributed by atoms with E-state index in [1.165, 1.54) is 26.5 Å². The molecule has 132 valence electrons. The first-order valence-corrected chi connectivity index (χ1v) is 7.89. The lowest BCUT2D eigenvalue weighted by atomic mass is 10.1. The van der Waals surface area contributed by atoms with Crippen molar-refractivity contribution in [3.8, 4) is 17.2 Å². The van der Waals surface area contributed by atoms with Crippen LogP contribution in [0.1, 0.15) is 15.9 Å². The number of carbonyl (C=O) groups is 1. The van der Waals surface area contributed by atoms with Gasteiger partial charge in [0.15, 0.2) is 11.5 Å². The maximum absolute atomic E-state index is 12.5. The topological polar surface area (TPSA) is 80.2 Å². The van der Waals surface area contributed by atoms with Gasteiger partial charge in [0.05, 0.1) is 26.0 Å². The van der Waals surface area contributed by atoms with Crippen LogP contribution in [0.4, 0.5) is 0 Å². The molecule has 0 aromatic heterocycles. The van der Waals surface area contributed by atoms with Gasteiger partial charge in [-0.3, -0.25) is 4.79 Å². The number of methoxy groups -OCH3 is 2. The number of benzene rings is 3. The van der Waals surface area contributed by atoms with Crippen LogP contribution in [0.25, 0.3) is 10.8 Å². The number of carbonyl (C=O) groups excluding carboxylic acids is 1. The van der Waals surface area contributed by atoms with E-state index in [0.29, 0.717) is 22.6 Å². The van der Waals surface area contributed by atoms with E-state index in [2.05, 4.69) is 10.5 Å². The maximum atomic E-state index is 12.5. The number of amides is 1. The third-order valence-electron chi connectivity index (χ3n) is 3.90. The summed E-state index contributed by atoms with van der Waals surface area (Å²) in [5.74, 6) is 0.450. The summed E-state index contributed by atoms with van der Waals surface area (Å²) in [7, 11) is 2.99. The number of hydrogen-bond acceptors (Lipinski definition) is 5. The number of phenols is 1. The molecule has 0 bridgehead atoms. The summed E-state index contributed by atoms with van der Waals surface area (Å²) in [5.41, 5.74) is 3.48. The van der Waals surface area contributed by atoms with Gasteiger partial charge >= 0.3 is 0 Å². The molecule has 0 unspecified atom stereocenters. The molecule has 0 saturated carbocycles. The molecule has 0 radical (unpaired) electrons. The van der Waals surface area contributed by atoms with Gasteiger partial charge in [0.2, 0.25) is 0 Å². The van der Waals surface area contributed by atoms with Crippen molar-refractivity contribution in [2.45, 2.75) is 0 Å². The molecule has 0 aliphatic rings. The van der Waals surface area contributed by atoms with Crippen molar-refractivity contribution in [3.05, 3.63) is 65.7 Å². The van der Waals surface area contributed by atoms with E-state index < -0.39 is 0 Å². The van der Waals surface area contributed by atoms with Gasteiger partial charge in [-0.25, -0.2) is 5.43 Å². The molecule has 6 heteroatoms. The maximum Gasteiger partial charge on any atom is 0.275 e. The second kappa shape index (κ2) is 7.57. The molecule has 3 rings (SSSR count). The summed E-state index contributed by atoms with van der Waals surface area (Å²) in [4.78, 5) is 12.5. The quantitative estimate of drug-likeness (QED) is 0.546. The van der Waals surface area contributed by atoms with Gasteiger partial charge < -0.3 is 14.6 Å². The van der Waals surface area contributed by atoms with E-state index in [-0.39, 0.29) is 11.7 Å². The lowest BCUT2D eigenvalue weighted by Crippen LogP contribution is -2.18. The van der Waals surface area contributed by atoms with E-state index in [1.807, 2.05) is 30.3 Å². The number of nitrogens with zero attached hydrogens (tertiary/aromatic N) is 1. The minimum atomic E-state index is -0.387. The van der Waals surface area contributed by atoms with Crippen molar-refractivity contribution < 1.29 is 19.4 Å². The molecule has 26 heavy (non-hydrogen) atoms. The molecule has 0 spiro atoms. The molecule has 3 aromatic carbocycles. The Balaban J connectivity index is 1.79. The van der Waals surface area contributed by atoms with Crippen LogP contribution in [0.5, 0.6) is 17.2 Å². The minimum absolute atomic E-state index is 0.000949. The molecule has 0 saturated heterocycles. The van der Waals surface area contributed by atoms with Crippen LogP contribution in [-0.2, 0) is 0 Å². The average molecular weight is 350 g/mol. The molecule has 0 aliphatic heterocycles. The molecule has 2 N–H and O–H groups in total. The largest absolute Gasteiger partial charge is 0.504 e. The zero-order valence-corrected chi connectivity index (χ0v) is 14.4. The van der Waals surface area contributed by atoms with E-state index in [9.17, 15) is 9.90 Å². The van der Waals surface area contributed by atoms with Crippen LogP contribution in [0.2, 0.25) is 0 Å². The Bertz CT molecular complexity index is 983. The Hall–Kier alpha value is -3.54. The van der Waals surface area contributed by atoms with Crippen LogP contribution in [0.15, 0.2) is 59.7 Å². The fourth-order valence-corrected chi connectivity index (χ4v) is 2.58. The highest BCUT2D eigenvalue weighted by Crippen LogP contribution is 2.26. The summed E-state index contributed by atoms with van der Waals surface area (Å²) in [6.45, 7) is 0. The van der Waals surface area contributed by atoms with Crippen molar-refractivity contribution in [3.63, 3.8) is 0 Å². The third kappa shape index (κ3) is 3.59. The summed E-state index contributed by atoms with van der Waals surface area (Å²) in [5, 5.41) is 15.6. The fourth-order valence-electron chi connectivity index (χ4n) is 2.58. The van der Waals surface area contributed by atoms with Gasteiger partial charge in [0.25, 0.3) is 5.91 Å². The van der Waals surface area contributed by atoms with E-state index in [1.54, 1.807) is 18.2 Å². The zero-order chi connectivity index (χ0) is 18.5. The molecular formula is C20H18N2O4. The molecule has 0 fully saturated rings. The van der Waals surface area contributed by atoms with E-state index >= 15 is 0 Å². The van der Waals surface area contributed by atoms with Gasteiger partial charge in [-0.1, -0.05) is 24.3 Å². The highest BCUT2D eigenvalue weighted by atomic mass is 16.5. The average Bonchev–Trinajstić information content (AvgIpc) is 2.67. The normalized spacial score (nSPS) is 10.8. The Labute approximate surface area is 150 Å². The van der Waals surface area contributed by atoms with Crippen molar-refractivity contribution in [1.82, 2.24) is 5.43 Å². The van der Waals surface area contributed by atoms with Crippen molar-refractivity contribution in [2.75, 3.05) is 14.2 Å². The van der Waals surface area contributed by atoms with Crippen LogP contribution < -0.4 is 14.9 Å². The number of nitrogens with one attached hydrogen (secondary N) is 1. The zero-order valence-electron chi connectivity index (χ0n) is 14.4. The van der Waals surface area contributed by atoms with Gasteiger partial charge in [-0.05, 0) is 46.7 Å². The summed E-state index contributed by atoms with van der Waals surface area (Å²) < 4.78 is 10.3. The molecular weight excluding hydrogens is 332 g/mol. The van der Waals surface area contributed by atoms with Crippen molar-refractivity contribution in [2.24, 2.45) is 5.10 Å². The monoisotopic (exact) mass is 350 g/mol. The summed E-state index contributed by atoms with van der Waals surface area (Å²) >= 11 is 0. The van der Waals surface area contributed by atoms with Crippen molar-refractivity contribution in [1.29, 1.82) is 0 Å². The number of hydrogen-bond donors (Lipinski definition) is 2. The smallest absolute Gasteiger partial charge is 0.275 e. The second-order valence-corrected chi connectivity index (χ2v) is 5.53. The molecule has 0 heterocycles. The summed E-state index contributed by atoms with van der Waals surface area (Å²) in [6.07, 6.45) is 1.44. The van der Waals surface area contributed by atoms with Gasteiger partial charge in [-0.15, -0.1) is 0 Å². The predicted molar refractivity (Wildman–Crippen MR) is 100 cm³/mol. The number of fused-ring (bicyclic) bond motifs is 1. The first-order chi connectivity index (χ1) is 12.6. The van der Waals surface area contributed by atoms with Crippen LogP contribution in [-0.4, -0.2) is 31.4 Å². The number of aromatic hydroxyl groups is 1. The van der Waals surface area contributed by atoms with Crippen LogP contribution in [0.3, 0.4) is 0 Å². The van der Waals surface area contributed by atoms with Gasteiger partial charge in [0, 0.05) is 0 Å².